The summed E-state index contributed by atoms with van der Waals surface area (Å²) in [4.78, 5) is 21.8. The average molecular weight is 379 g/mol. The van der Waals surface area contributed by atoms with Crippen LogP contribution in [0.1, 0.15) is 13.3 Å². The summed E-state index contributed by atoms with van der Waals surface area (Å²) in [6.45, 7) is 0.151. The standard InChI is InChI=1S/C12H20F2N2O7.ClH/c1-4(18)16-7-9(20)8(19)6(3-17)23-10(7)12(13,14)2-5(15)11(21)22;/h5-10,17,19-20H,2-3,15H2,1H3,(H,16,18)(H,21,22);1H/t5-,6-,7-,8+,9-,10+;/m1./s1. The molecule has 0 spiro atoms. The number of aliphatic hydroxyl groups excluding tert-OH is 3. The summed E-state index contributed by atoms with van der Waals surface area (Å²) in [6.07, 6.45) is -8.57. The zero-order valence-electron chi connectivity index (χ0n) is 12.6. The molecule has 0 unspecified atom stereocenters. The maximum Gasteiger partial charge on any atom is 0.320 e. The van der Waals surface area contributed by atoms with Crippen LogP contribution in [-0.2, 0) is 14.3 Å². The lowest BCUT2D eigenvalue weighted by atomic mass is 9.87. The minimum atomic E-state index is -3.85. The van der Waals surface area contributed by atoms with E-state index < -0.39 is 67.3 Å². The molecule has 0 aromatic carbocycles. The van der Waals surface area contributed by atoms with Gasteiger partial charge in [-0.25, -0.2) is 8.78 Å². The molecule has 0 aromatic heterocycles. The molecule has 0 saturated carbocycles. The van der Waals surface area contributed by atoms with Crippen molar-refractivity contribution >= 4 is 24.3 Å². The fraction of sp³-hybridized carbons (Fsp3) is 0.833. The molecule has 1 fully saturated rings. The number of carboxylic acids is 1. The highest BCUT2D eigenvalue weighted by Crippen LogP contribution is 2.35. The molecule has 1 aliphatic rings. The molecule has 9 nitrogen and oxygen atoms in total. The van der Waals surface area contributed by atoms with Crippen molar-refractivity contribution in [1.82, 2.24) is 5.32 Å². The van der Waals surface area contributed by atoms with Crippen molar-refractivity contribution in [3.8, 4) is 0 Å². The number of rotatable bonds is 6. The Bertz CT molecular complexity index is 457. The molecule has 1 rings (SSSR count). The number of aliphatic hydroxyl groups is 3. The SMILES string of the molecule is CC(=O)N[C@@H]1[C@@H](O)[C@@H](O)[C@@H](CO)O[C@@H]1C(F)(F)C[C@@H](N)C(=O)O.Cl. The topological polar surface area (TPSA) is 162 Å². The fourth-order valence-electron chi connectivity index (χ4n) is 2.37. The molecule has 0 aromatic rings. The van der Waals surface area contributed by atoms with Crippen molar-refractivity contribution in [2.24, 2.45) is 5.73 Å². The predicted octanol–water partition coefficient (Wildman–Crippen LogP) is -2.17. The second-order valence-electron chi connectivity index (χ2n) is 5.40. The minimum Gasteiger partial charge on any atom is -0.480 e. The smallest absolute Gasteiger partial charge is 0.320 e. The second kappa shape index (κ2) is 8.83. The van der Waals surface area contributed by atoms with Crippen LogP contribution >= 0.6 is 12.4 Å². The van der Waals surface area contributed by atoms with Gasteiger partial charge in [0.2, 0.25) is 5.91 Å². The van der Waals surface area contributed by atoms with E-state index in [0.717, 1.165) is 6.92 Å². The summed E-state index contributed by atoms with van der Waals surface area (Å²) >= 11 is 0. The van der Waals surface area contributed by atoms with Crippen LogP contribution < -0.4 is 11.1 Å². The molecular weight excluding hydrogens is 358 g/mol. The highest BCUT2D eigenvalue weighted by atomic mass is 35.5. The van der Waals surface area contributed by atoms with Crippen LogP contribution in [0.3, 0.4) is 0 Å². The largest absolute Gasteiger partial charge is 0.480 e. The van der Waals surface area contributed by atoms with Gasteiger partial charge in [0.05, 0.1) is 12.6 Å². The normalized spacial score (nSPS) is 31.7. The predicted molar refractivity (Wildman–Crippen MR) is 77.8 cm³/mol. The molecule has 1 heterocycles. The third-order valence-electron chi connectivity index (χ3n) is 3.52. The summed E-state index contributed by atoms with van der Waals surface area (Å²) in [5.74, 6) is -6.27. The van der Waals surface area contributed by atoms with Crippen molar-refractivity contribution < 1.29 is 43.5 Å². The molecule has 24 heavy (non-hydrogen) atoms. The van der Waals surface area contributed by atoms with Gasteiger partial charge < -0.3 is 36.2 Å². The Kier molecular flexibility index (Phi) is 8.42. The Balaban J connectivity index is 0.00000529. The third-order valence-corrected chi connectivity index (χ3v) is 3.52. The minimum absolute atomic E-state index is 0. The Hall–Kier alpha value is -1.11. The van der Waals surface area contributed by atoms with Gasteiger partial charge in [0.1, 0.15) is 30.5 Å². The lowest BCUT2D eigenvalue weighted by Gasteiger charge is -2.45. The maximum absolute atomic E-state index is 14.3. The van der Waals surface area contributed by atoms with Gasteiger partial charge in [-0.1, -0.05) is 0 Å². The molecule has 0 radical (unpaired) electrons. The monoisotopic (exact) mass is 378 g/mol. The molecule has 12 heteroatoms. The van der Waals surface area contributed by atoms with E-state index in [0.29, 0.717) is 0 Å². The first-order chi connectivity index (χ1) is 10.5. The summed E-state index contributed by atoms with van der Waals surface area (Å²) in [7, 11) is 0. The van der Waals surface area contributed by atoms with Crippen molar-refractivity contribution in [1.29, 1.82) is 0 Å². The average Bonchev–Trinajstić information content (AvgIpc) is 2.43. The van der Waals surface area contributed by atoms with E-state index in [1.807, 2.05) is 5.32 Å². The third kappa shape index (κ3) is 5.19. The van der Waals surface area contributed by atoms with Crippen molar-refractivity contribution in [3.63, 3.8) is 0 Å². The van der Waals surface area contributed by atoms with E-state index >= 15 is 0 Å². The number of nitrogens with one attached hydrogen (secondary N) is 1. The van der Waals surface area contributed by atoms with E-state index in [1.165, 1.54) is 0 Å². The molecule has 142 valence electrons. The molecule has 1 aliphatic heterocycles. The number of hydrogen-bond donors (Lipinski definition) is 6. The quantitative estimate of drug-likeness (QED) is 0.304. The number of carbonyl (C=O) groups excluding carboxylic acids is 1. The molecule has 0 aliphatic carbocycles. The molecular formula is C12H21ClF2N2O7. The lowest BCUT2D eigenvalue weighted by Crippen LogP contribution is -2.68. The van der Waals surface area contributed by atoms with Gasteiger partial charge in [0, 0.05) is 13.3 Å². The number of alkyl halides is 2. The van der Waals surface area contributed by atoms with Crippen LogP contribution in [0.25, 0.3) is 0 Å². The molecule has 1 saturated heterocycles. The number of ether oxygens (including phenoxy) is 1. The van der Waals surface area contributed by atoms with Gasteiger partial charge in [-0.15, -0.1) is 12.4 Å². The van der Waals surface area contributed by atoms with Crippen LogP contribution in [0.5, 0.6) is 0 Å². The van der Waals surface area contributed by atoms with E-state index in [-0.39, 0.29) is 12.4 Å². The van der Waals surface area contributed by atoms with Crippen LogP contribution in [0, 0.1) is 0 Å². The van der Waals surface area contributed by atoms with Crippen LogP contribution in [0.2, 0.25) is 0 Å². The zero-order chi connectivity index (χ0) is 17.9. The Morgan fingerprint density at radius 2 is 1.88 bits per heavy atom. The van der Waals surface area contributed by atoms with Crippen LogP contribution in [-0.4, -0.2) is 81.3 Å². The molecule has 6 atom stereocenters. The van der Waals surface area contributed by atoms with Crippen molar-refractivity contribution in [2.75, 3.05) is 6.61 Å². The van der Waals surface area contributed by atoms with Crippen molar-refractivity contribution in [3.05, 3.63) is 0 Å². The van der Waals surface area contributed by atoms with Crippen LogP contribution in [0.15, 0.2) is 0 Å². The number of hydrogen-bond acceptors (Lipinski definition) is 7. The molecule has 7 N–H and O–H groups in total. The second-order valence-corrected chi connectivity index (χ2v) is 5.40. The zero-order valence-corrected chi connectivity index (χ0v) is 13.4. The first-order valence-electron chi connectivity index (χ1n) is 6.77. The van der Waals surface area contributed by atoms with Crippen molar-refractivity contribution in [2.45, 2.75) is 55.8 Å². The summed E-state index contributed by atoms with van der Waals surface area (Å²) in [5.41, 5.74) is 5.10. The van der Waals surface area contributed by atoms with E-state index in [1.54, 1.807) is 0 Å². The highest BCUT2D eigenvalue weighted by Gasteiger charge is 2.55. The summed E-state index contributed by atoms with van der Waals surface area (Å²) < 4.78 is 33.6. The van der Waals surface area contributed by atoms with Crippen LogP contribution in [0.4, 0.5) is 8.78 Å². The van der Waals surface area contributed by atoms with Gasteiger partial charge in [-0.3, -0.25) is 9.59 Å². The summed E-state index contributed by atoms with van der Waals surface area (Å²) in [6, 6.07) is -3.61. The number of nitrogens with two attached hydrogens (primary N) is 1. The number of amides is 1. The number of halogens is 3. The van der Waals surface area contributed by atoms with E-state index in [2.05, 4.69) is 0 Å². The fourth-order valence-corrected chi connectivity index (χ4v) is 2.37. The number of carboxylic acid groups (broad SMARTS) is 1. The molecule has 0 bridgehead atoms. The summed E-state index contributed by atoms with van der Waals surface area (Å²) in [5, 5.41) is 39.4. The van der Waals surface area contributed by atoms with E-state index in [9.17, 15) is 28.6 Å². The highest BCUT2D eigenvalue weighted by molar-refractivity contribution is 5.85. The van der Waals surface area contributed by atoms with Gasteiger partial charge in [-0.05, 0) is 0 Å². The van der Waals surface area contributed by atoms with Gasteiger partial charge in [0.25, 0.3) is 5.92 Å². The molecule has 1 amide bonds. The van der Waals surface area contributed by atoms with Gasteiger partial charge in [-0.2, -0.15) is 0 Å². The first-order valence-corrected chi connectivity index (χ1v) is 6.77. The lowest BCUT2D eigenvalue weighted by molar-refractivity contribution is -0.253. The number of carbonyl (C=O) groups is 2. The maximum atomic E-state index is 14.3. The first kappa shape index (κ1) is 22.9. The Morgan fingerprint density at radius 3 is 2.29 bits per heavy atom. The van der Waals surface area contributed by atoms with E-state index in [4.69, 9.17) is 20.7 Å². The Labute approximate surface area is 142 Å². The van der Waals surface area contributed by atoms with Gasteiger partial charge in [0.15, 0.2) is 0 Å². The van der Waals surface area contributed by atoms with Gasteiger partial charge >= 0.3 is 5.97 Å². The Morgan fingerprint density at radius 1 is 1.33 bits per heavy atom. The number of aliphatic carboxylic acids is 1.